The molecule has 0 saturated carbocycles. The van der Waals surface area contributed by atoms with Gasteiger partial charge in [-0.1, -0.05) is 6.07 Å². The molecule has 132 valence electrons. The van der Waals surface area contributed by atoms with Crippen LogP contribution < -0.4 is 0 Å². The Morgan fingerprint density at radius 2 is 2.00 bits per heavy atom. The third-order valence-corrected chi connectivity index (χ3v) is 7.90. The number of hydrogen-bond donors (Lipinski definition) is 1. The van der Waals surface area contributed by atoms with Crippen molar-refractivity contribution in [3.63, 3.8) is 0 Å². The van der Waals surface area contributed by atoms with Crippen molar-refractivity contribution in [3.8, 4) is 0 Å². The Bertz CT molecular complexity index is 716. The lowest BCUT2D eigenvalue weighted by molar-refractivity contribution is -0.141. The molecule has 2 fully saturated rings. The molecule has 0 radical (unpaired) electrons. The van der Waals surface area contributed by atoms with Gasteiger partial charge in [-0.05, 0) is 37.1 Å². The molecule has 2 unspecified atom stereocenters. The lowest BCUT2D eigenvalue weighted by Gasteiger charge is -2.30. The van der Waals surface area contributed by atoms with Crippen LogP contribution in [0.4, 0.5) is 0 Å². The average molecular weight is 372 g/mol. The van der Waals surface area contributed by atoms with Crippen LogP contribution in [0, 0.1) is 0 Å². The second-order valence-electron chi connectivity index (χ2n) is 6.13. The van der Waals surface area contributed by atoms with Gasteiger partial charge in [0.05, 0.1) is 6.42 Å². The average Bonchev–Trinajstić information content (AvgIpc) is 3.27. The molecule has 2 atom stereocenters. The summed E-state index contributed by atoms with van der Waals surface area (Å²) in [7, 11) is -3.67. The van der Waals surface area contributed by atoms with Gasteiger partial charge in [0.15, 0.2) is 0 Å². The molecule has 7 nitrogen and oxygen atoms in total. The largest absolute Gasteiger partial charge is 0.481 e. The molecule has 0 spiro atoms. The van der Waals surface area contributed by atoms with E-state index in [0.29, 0.717) is 32.4 Å². The summed E-state index contributed by atoms with van der Waals surface area (Å²) in [6, 6.07) is 2.17. The zero-order chi connectivity index (χ0) is 17.3. The van der Waals surface area contributed by atoms with E-state index in [-0.39, 0.29) is 22.6 Å². The highest BCUT2D eigenvalue weighted by Crippen LogP contribution is 2.31. The van der Waals surface area contributed by atoms with Crippen molar-refractivity contribution in [1.82, 2.24) is 9.21 Å². The topological polar surface area (TPSA) is 95.0 Å². The number of carboxylic acids is 1. The number of carbonyl (C=O) groups excluding carboxylic acids is 1. The summed E-state index contributed by atoms with van der Waals surface area (Å²) < 4.78 is 27.0. The van der Waals surface area contributed by atoms with Gasteiger partial charge in [0, 0.05) is 19.1 Å². The van der Waals surface area contributed by atoms with Crippen molar-refractivity contribution in [1.29, 1.82) is 0 Å². The highest BCUT2D eigenvalue weighted by Gasteiger charge is 2.43. The maximum atomic E-state index is 12.9. The maximum absolute atomic E-state index is 12.9. The van der Waals surface area contributed by atoms with E-state index in [1.54, 1.807) is 22.4 Å². The van der Waals surface area contributed by atoms with Crippen molar-refractivity contribution < 1.29 is 23.1 Å². The lowest BCUT2D eigenvalue weighted by Crippen LogP contribution is -2.49. The maximum Gasteiger partial charge on any atom is 0.305 e. The molecule has 9 heteroatoms. The van der Waals surface area contributed by atoms with E-state index < -0.39 is 22.0 Å². The Hall–Kier alpha value is -1.45. The number of aliphatic carboxylic acids is 1. The molecule has 1 aromatic heterocycles. The zero-order valence-electron chi connectivity index (χ0n) is 13.1. The monoisotopic (exact) mass is 372 g/mol. The van der Waals surface area contributed by atoms with Crippen LogP contribution in [0.25, 0.3) is 0 Å². The fourth-order valence-electron chi connectivity index (χ4n) is 3.53. The van der Waals surface area contributed by atoms with Gasteiger partial charge in [0.1, 0.15) is 10.3 Å². The highest BCUT2D eigenvalue weighted by molar-refractivity contribution is 7.91. The molecule has 0 aromatic carbocycles. The predicted octanol–water partition coefficient (Wildman–Crippen LogP) is 1.37. The second-order valence-corrected chi connectivity index (χ2v) is 9.20. The molecule has 0 bridgehead atoms. The third-order valence-electron chi connectivity index (χ3n) is 4.62. The molecule has 2 aliphatic heterocycles. The van der Waals surface area contributed by atoms with Gasteiger partial charge in [-0.3, -0.25) is 9.59 Å². The number of thiophene rings is 1. The first kappa shape index (κ1) is 17.4. The lowest BCUT2D eigenvalue weighted by atomic mass is 10.1. The first-order chi connectivity index (χ1) is 11.4. The van der Waals surface area contributed by atoms with Gasteiger partial charge < -0.3 is 10.0 Å². The number of nitrogens with zero attached hydrogens (tertiary/aromatic N) is 2. The van der Waals surface area contributed by atoms with Crippen LogP contribution in [0.2, 0.25) is 0 Å². The summed E-state index contributed by atoms with van der Waals surface area (Å²) in [6.45, 7) is 0.828. The molecule has 0 aliphatic carbocycles. The Labute approximate surface area is 144 Å². The third kappa shape index (κ3) is 3.20. The quantitative estimate of drug-likeness (QED) is 0.842. The van der Waals surface area contributed by atoms with Crippen LogP contribution in [0.1, 0.15) is 32.1 Å². The first-order valence-electron chi connectivity index (χ1n) is 7.99. The summed E-state index contributed by atoms with van der Waals surface area (Å²) in [4.78, 5) is 25.4. The Balaban J connectivity index is 1.80. The fourth-order valence-corrected chi connectivity index (χ4v) is 6.30. The number of amides is 1. The van der Waals surface area contributed by atoms with Crippen LogP contribution in [-0.4, -0.2) is 59.8 Å². The van der Waals surface area contributed by atoms with E-state index in [0.717, 1.165) is 17.8 Å². The summed E-state index contributed by atoms with van der Waals surface area (Å²) in [5, 5.41) is 10.7. The molecule has 1 aromatic rings. The number of carbonyl (C=O) groups is 2. The molecule has 2 saturated heterocycles. The van der Waals surface area contributed by atoms with Gasteiger partial charge in [0.2, 0.25) is 5.91 Å². The number of likely N-dealkylation sites (tertiary alicyclic amines) is 1. The van der Waals surface area contributed by atoms with Crippen LogP contribution in [0.5, 0.6) is 0 Å². The standard InChI is InChI=1S/C15H20N2O5S2/c18-13(19)10-11-4-1-7-16(11)15(20)12-5-2-8-17(12)24(21,22)14-6-3-9-23-14/h3,6,9,11-12H,1-2,4-5,7-8,10H2,(H,18,19). The fraction of sp³-hybridized carbons (Fsp3) is 0.600. The van der Waals surface area contributed by atoms with Crippen LogP contribution in [0.15, 0.2) is 21.7 Å². The van der Waals surface area contributed by atoms with Gasteiger partial charge >= 0.3 is 5.97 Å². The molecule has 3 heterocycles. The van der Waals surface area contributed by atoms with E-state index in [1.165, 1.54) is 4.31 Å². The first-order valence-corrected chi connectivity index (χ1v) is 10.3. The molecule has 24 heavy (non-hydrogen) atoms. The zero-order valence-corrected chi connectivity index (χ0v) is 14.8. The summed E-state index contributed by atoms with van der Waals surface area (Å²) >= 11 is 1.14. The van der Waals surface area contributed by atoms with Crippen molar-refractivity contribution in [2.45, 2.75) is 48.4 Å². The van der Waals surface area contributed by atoms with Gasteiger partial charge in [-0.2, -0.15) is 4.31 Å². The Kier molecular flexibility index (Phi) is 4.93. The van der Waals surface area contributed by atoms with E-state index in [4.69, 9.17) is 5.11 Å². The predicted molar refractivity (Wildman–Crippen MR) is 88.2 cm³/mol. The molecule has 2 aliphatic rings. The normalized spacial score (nSPS) is 25.2. The van der Waals surface area contributed by atoms with Crippen LogP contribution in [-0.2, 0) is 19.6 Å². The summed E-state index contributed by atoms with van der Waals surface area (Å²) in [6.07, 6.45) is 2.45. The minimum Gasteiger partial charge on any atom is -0.481 e. The smallest absolute Gasteiger partial charge is 0.305 e. The number of rotatable bonds is 5. The number of sulfonamides is 1. The van der Waals surface area contributed by atoms with Crippen molar-refractivity contribution in [2.75, 3.05) is 13.1 Å². The van der Waals surface area contributed by atoms with Crippen molar-refractivity contribution >= 4 is 33.2 Å². The summed E-state index contributed by atoms with van der Waals surface area (Å²) in [5.74, 6) is -1.19. The Morgan fingerprint density at radius 3 is 2.67 bits per heavy atom. The van der Waals surface area contributed by atoms with Gasteiger partial charge in [-0.15, -0.1) is 11.3 Å². The molecule has 3 rings (SSSR count). The minimum absolute atomic E-state index is 0.0872. The second kappa shape index (κ2) is 6.81. The van der Waals surface area contributed by atoms with Gasteiger partial charge in [0.25, 0.3) is 10.0 Å². The van der Waals surface area contributed by atoms with E-state index >= 15 is 0 Å². The Morgan fingerprint density at radius 1 is 1.25 bits per heavy atom. The van der Waals surface area contributed by atoms with E-state index in [2.05, 4.69) is 0 Å². The van der Waals surface area contributed by atoms with Crippen LogP contribution >= 0.6 is 11.3 Å². The van der Waals surface area contributed by atoms with Gasteiger partial charge in [-0.25, -0.2) is 8.42 Å². The SMILES string of the molecule is O=C(O)CC1CCCN1C(=O)C1CCCN1S(=O)(=O)c1cccs1. The number of hydrogen-bond acceptors (Lipinski definition) is 5. The highest BCUT2D eigenvalue weighted by atomic mass is 32.2. The minimum atomic E-state index is -3.67. The summed E-state index contributed by atoms with van der Waals surface area (Å²) in [5.41, 5.74) is 0. The molecular formula is C15H20N2O5S2. The molecule has 1 amide bonds. The van der Waals surface area contributed by atoms with Crippen LogP contribution in [0.3, 0.4) is 0 Å². The number of carboxylic acid groups (broad SMARTS) is 1. The van der Waals surface area contributed by atoms with E-state index in [9.17, 15) is 18.0 Å². The van der Waals surface area contributed by atoms with E-state index in [1.807, 2.05) is 0 Å². The molecular weight excluding hydrogens is 352 g/mol. The van der Waals surface area contributed by atoms with Crippen molar-refractivity contribution in [3.05, 3.63) is 17.5 Å². The molecule has 1 N–H and O–H groups in total. The van der Waals surface area contributed by atoms with Crippen molar-refractivity contribution in [2.24, 2.45) is 0 Å².